The smallest absolute Gasteiger partial charge is 0.225 e. The van der Waals surface area contributed by atoms with E-state index in [1.165, 1.54) is 4.31 Å². The summed E-state index contributed by atoms with van der Waals surface area (Å²) < 4.78 is 26.2. The Bertz CT molecular complexity index is 655. The molecule has 0 bridgehead atoms. The molecule has 1 aliphatic rings. The van der Waals surface area contributed by atoms with Crippen molar-refractivity contribution in [2.24, 2.45) is 5.92 Å². The third-order valence-electron chi connectivity index (χ3n) is 4.30. The van der Waals surface area contributed by atoms with Crippen molar-refractivity contribution < 1.29 is 13.2 Å². The molecule has 0 atom stereocenters. The lowest BCUT2D eigenvalue weighted by molar-refractivity contribution is -0.135. The van der Waals surface area contributed by atoms with Gasteiger partial charge < -0.3 is 4.90 Å². The van der Waals surface area contributed by atoms with Gasteiger partial charge in [-0.3, -0.25) is 4.79 Å². The van der Waals surface area contributed by atoms with E-state index in [2.05, 4.69) is 15.9 Å². The van der Waals surface area contributed by atoms with E-state index in [0.29, 0.717) is 32.5 Å². The molecule has 0 aromatic heterocycles. The van der Waals surface area contributed by atoms with Crippen LogP contribution in [0.5, 0.6) is 0 Å². The van der Waals surface area contributed by atoms with Crippen LogP contribution in [0.1, 0.15) is 25.3 Å². The summed E-state index contributed by atoms with van der Waals surface area (Å²) in [5, 5.41) is 0. The van der Waals surface area contributed by atoms with E-state index < -0.39 is 10.0 Å². The van der Waals surface area contributed by atoms with Gasteiger partial charge in [0, 0.05) is 37.1 Å². The number of carbonyl (C=O) groups is 1. The highest BCUT2D eigenvalue weighted by Crippen LogP contribution is 2.23. The van der Waals surface area contributed by atoms with Gasteiger partial charge in [0.25, 0.3) is 0 Å². The molecule has 23 heavy (non-hydrogen) atoms. The molecular weight excluding hydrogens is 380 g/mol. The zero-order valence-corrected chi connectivity index (χ0v) is 15.9. The van der Waals surface area contributed by atoms with Crippen molar-refractivity contribution in [3.63, 3.8) is 0 Å². The van der Waals surface area contributed by atoms with E-state index in [4.69, 9.17) is 0 Å². The second-order valence-corrected chi connectivity index (χ2v) is 8.97. The minimum atomic E-state index is -3.14. The van der Waals surface area contributed by atoms with E-state index in [9.17, 15) is 13.2 Å². The Hall–Kier alpha value is -0.920. The average molecular weight is 403 g/mol. The number of amides is 1. The number of halogens is 1. The molecule has 0 N–H and O–H groups in total. The summed E-state index contributed by atoms with van der Waals surface area (Å²) in [6, 6.07) is 7.85. The summed E-state index contributed by atoms with van der Waals surface area (Å²) in [5.74, 6) is 0.119. The fourth-order valence-corrected chi connectivity index (χ4v) is 4.38. The molecule has 0 aliphatic carbocycles. The van der Waals surface area contributed by atoms with Gasteiger partial charge in [-0.1, -0.05) is 34.1 Å². The Balaban J connectivity index is 1.93. The average Bonchev–Trinajstić information content (AvgIpc) is 2.56. The van der Waals surface area contributed by atoms with E-state index in [0.717, 1.165) is 10.0 Å². The maximum absolute atomic E-state index is 12.6. The quantitative estimate of drug-likeness (QED) is 0.759. The van der Waals surface area contributed by atoms with Crippen LogP contribution < -0.4 is 0 Å². The molecule has 1 heterocycles. The number of benzene rings is 1. The molecule has 1 aliphatic heterocycles. The van der Waals surface area contributed by atoms with Crippen molar-refractivity contribution in [1.82, 2.24) is 9.21 Å². The molecule has 0 unspecified atom stereocenters. The molecule has 128 valence electrons. The summed E-state index contributed by atoms with van der Waals surface area (Å²) in [5.41, 5.74) is 1.06. The minimum Gasteiger partial charge on any atom is -0.341 e. The Morgan fingerprint density at radius 3 is 2.48 bits per heavy atom. The SMILES string of the molecule is CCS(=O)(=O)N1CCC(C(=O)N(C)Cc2ccccc2Br)CC1. The summed E-state index contributed by atoms with van der Waals surface area (Å²) >= 11 is 3.50. The highest BCUT2D eigenvalue weighted by molar-refractivity contribution is 9.10. The molecule has 1 fully saturated rings. The number of sulfonamides is 1. The van der Waals surface area contributed by atoms with Crippen LogP contribution in [-0.4, -0.2) is 49.4 Å². The number of piperidine rings is 1. The van der Waals surface area contributed by atoms with Gasteiger partial charge in [-0.25, -0.2) is 12.7 Å². The largest absolute Gasteiger partial charge is 0.341 e. The van der Waals surface area contributed by atoms with Gasteiger partial charge in [-0.2, -0.15) is 0 Å². The summed E-state index contributed by atoms with van der Waals surface area (Å²) in [6.07, 6.45) is 1.19. The van der Waals surface area contributed by atoms with Crippen molar-refractivity contribution in [3.8, 4) is 0 Å². The van der Waals surface area contributed by atoms with Gasteiger partial charge in [0.05, 0.1) is 5.75 Å². The topological polar surface area (TPSA) is 57.7 Å². The normalized spacial score (nSPS) is 17.2. The lowest BCUT2D eigenvalue weighted by atomic mass is 9.96. The van der Waals surface area contributed by atoms with Crippen molar-refractivity contribution in [2.45, 2.75) is 26.3 Å². The molecule has 1 aromatic rings. The Kier molecular flexibility index (Phi) is 6.22. The van der Waals surface area contributed by atoms with Crippen LogP contribution in [-0.2, 0) is 21.4 Å². The van der Waals surface area contributed by atoms with E-state index >= 15 is 0 Å². The van der Waals surface area contributed by atoms with Crippen LogP contribution in [0.2, 0.25) is 0 Å². The minimum absolute atomic E-state index is 0.0919. The van der Waals surface area contributed by atoms with Crippen LogP contribution in [0.3, 0.4) is 0 Å². The molecular formula is C16H23BrN2O3S. The Morgan fingerprint density at radius 2 is 1.91 bits per heavy atom. The summed E-state index contributed by atoms with van der Waals surface area (Å²) in [6.45, 7) is 3.08. The first-order valence-electron chi connectivity index (χ1n) is 7.81. The Labute approximate surface area is 146 Å². The Morgan fingerprint density at radius 1 is 1.30 bits per heavy atom. The highest BCUT2D eigenvalue weighted by Gasteiger charge is 2.31. The maximum atomic E-state index is 12.6. The van der Waals surface area contributed by atoms with Gasteiger partial charge >= 0.3 is 0 Å². The lowest BCUT2D eigenvalue weighted by Gasteiger charge is -2.32. The molecule has 7 heteroatoms. The number of hydrogen-bond donors (Lipinski definition) is 0. The zero-order valence-electron chi connectivity index (χ0n) is 13.5. The van der Waals surface area contributed by atoms with Crippen LogP contribution in [0.4, 0.5) is 0 Å². The van der Waals surface area contributed by atoms with E-state index in [-0.39, 0.29) is 17.6 Å². The van der Waals surface area contributed by atoms with Crippen molar-refractivity contribution in [1.29, 1.82) is 0 Å². The van der Waals surface area contributed by atoms with Crippen LogP contribution >= 0.6 is 15.9 Å². The van der Waals surface area contributed by atoms with Gasteiger partial charge in [-0.15, -0.1) is 0 Å². The summed E-state index contributed by atoms with van der Waals surface area (Å²) in [4.78, 5) is 14.3. The first-order chi connectivity index (χ1) is 10.8. The van der Waals surface area contributed by atoms with Crippen molar-refractivity contribution in [3.05, 3.63) is 34.3 Å². The maximum Gasteiger partial charge on any atom is 0.225 e. The number of hydrogen-bond acceptors (Lipinski definition) is 3. The molecule has 2 rings (SSSR count). The van der Waals surface area contributed by atoms with Crippen LogP contribution in [0, 0.1) is 5.92 Å². The molecule has 1 saturated heterocycles. The fraction of sp³-hybridized carbons (Fsp3) is 0.562. The van der Waals surface area contributed by atoms with E-state index in [1.54, 1.807) is 18.9 Å². The number of nitrogens with zero attached hydrogens (tertiary/aromatic N) is 2. The predicted octanol–water partition coefficient (Wildman–Crippen LogP) is 2.47. The molecule has 0 saturated carbocycles. The molecule has 1 aromatic carbocycles. The number of rotatable bonds is 5. The molecule has 5 nitrogen and oxygen atoms in total. The highest BCUT2D eigenvalue weighted by atomic mass is 79.9. The lowest BCUT2D eigenvalue weighted by Crippen LogP contribution is -2.43. The van der Waals surface area contributed by atoms with Gasteiger partial charge in [0.1, 0.15) is 0 Å². The van der Waals surface area contributed by atoms with E-state index in [1.807, 2.05) is 24.3 Å². The second kappa shape index (κ2) is 7.77. The van der Waals surface area contributed by atoms with Gasteiger partial charge in [0.15, 0.2) is 0 Å². The standard InChI is InChI=1S/C16H23BrN2O3S/c1-3-23(21,22)19-10-8-13(9-11-19)16(20)18(2)12-14-6-4-5-7-15(14)17/h4-7,13H,3,8-12H2,1-2H3. The molecule has 0 radical (unpaired) electrons. The van der Waals surface area contributed by atoms with Crippen LogP contribution in [0.25, 0.3) is 0 Å². The fourth-order valence-electron chi connectivity index (χ4n) is 2.84. The first-order valence-corrected chi connectivity index (χ1v) is 10.2. The third-order valence-corrected chi connectivity index (χ3v) is 6.96. The molecule has 0 spiro atoms. The number of carbonyl (C=O) groups excluding carboxylic acids is 1. The van der Waals surface area contributed by atoms with Gasteiger partial charge in [-0.05, 0) is 31.4 Å². The monoisotopic (exact) mass is 402 g/mol. The first kappa shape index (κ1) is 18.4. The van der Waals surface area contributed by atoms with Crippen LogP contribution in [0.15, 0.2) is 28.7 Å². The summed E-state index contributed by atoms with van der Waals surface area (Å²) in [7, 11) is -1.34. The van der Waals surface area contributed by atoms with Crippen molar-refractivity contribution >= 4 is 31.9 Å². The third kappa shape index (κ3) is 4.55. The zero-order chi connectivity index (χ0) is 17.0. The second-order valence-electron chi connectivity index (χ2n) is 5.86. The van der Waals surface area contributed by atoms with Crippen molar-refractivity contribution in [2.75, 3.05) is 25.9 Å². The predicted molar refractivity (Wildman–Crippen MR) is 94.4 cm³/mol. The van der Waals surface area contributed by atoms with Gasteiger partial charge in [0.2, 0.25) is 15.9 Å². The molecule has 1 amide bonds.